The van der Waals surface area contributed by atoms with Crippen molar-refractivity contribution in [3.8, 4) is 12.3 Å². The molecule has 6 nitrogen and oxygen atoms in total. The van der Waals surface area contributed by atoms with E-state index in [1.54, 1.807) is 0 Å². The molecule has 1 saturated heterocycles. The maximum absolute atomic E-state index is 13.7. The number of terminal acetylenes is 1. The molecule has 29 heavy (non-hydrogen) atoms. The summed E-state index contributed by atoms with van der Waals surface area (Å²) in [7, 11) is 2.98. The minimum Gasteiger partial charge on any atom is -0.345 e. The summed E-state index contributed by atoms with van der Waals surface area (Å²) in [4.78, 5) is 26.4. The van der Waals surface area contributed by atoms with Crippen LogP contribution in [0.3, 0.4) is 0 Å². The minimum absolute atomic E-state index is 0.0847. The molecular formula is C18H17ClF4N4O2. The average molecular weight is 433 g/mol. The number of hydrazone groups is 1. The third-order valence-corrected chi connectivity index (χ3v) is 4.52. The Balaban J connectivity index is 2.28. The Bertz CT molecular complexity index is 882. The lowest BCUT2D eigenvalue weighted by Gasteiger charge is -2.22. The number of hydrogen-bond acceptors (Lipinski definition) is 4. The largest absolute Gasteiger partial charge is 0.421 e. The first-order valence-corrected chi connectivity index (χ1v) is 8.67. The van der Waals surface area contributed by atoms with E-state index in [1.807, 2.05) is 5.32 Å². The summed E-state index contributed by atoms with van der Waals surface area (Å²) >= 11 is 5.66. The summed E-state index contributed by atoms with van der Waals surface area (Å²) in [6, 6.07) is 2.59. The molecule has 1 aromatic rings. The van der Waals surface area contributed by atoms with Crippen LogP contribution in [0.5, 0.6) is 0 Å². The lowest BCUT2D eigenvalue weighted by atomic mass is 9.94. The van der Waals surface area contributed by atoms with Crippen LogP contribution in [-0.4, -0.2) is 54.1 Å². The molecule has 1 heterocycles. The second-order valence-corrected chi connectivity index (χ2v) is 6.84. The van der Waals surface area contributed by atoms with E-state index in [-0.39, 0.29) is 18.3 Å². The molecule has 0 aliphatic carbocycles. The van der Waals surface area contributed by atoms with Crippen molar-refractivity contribution in [2.75, 3.05) is 32.5 Å². The van der Waals surface area contributed by atoms with Gasteiger partial charge in [0.2, 0.25) is 11.8 Å². The smallest absolute Gasteiger partial charge is 0.345 e. The van der Waals surface area contributed by atoms with Crippen molar-refractivity contribution in [2.24, 2.45) is 16.9 Å². The minimum atomic E-state index is -5.02. The van der Waals surface area contributed by atoms with Gasteiger partial charge in [0.25, 0.3) is 0 Å². The predicted octanol–water partition coefficient (Wildman–Crippen LogP) is 2.60. The first-order valence-electron chi connectivity index (χ1n) is 8.29. The number of carbonyl (C=O) groups is 2. The molecule has 156 valence electrons. The third-order valence-electron chi connectivity index (χ3n) is 4.34. The van der Waals surface area contributed by atoms with E-state index in [0.29, 0.717) is 6.07 Å². The first-order chi connectivity index (χ1) is 13.5. The molecule has 0 saturated carbocycles. The van der Waals surface area contributed by atoms with Gasteiger partial charge in [-0.25, -0.2) is 4.39 Å². The molecule has 0 radical (unpaired) electrons. The number of hydrogen-bond donors (Lipinski definition) is 1. The number of anilines is 1. The van der Waals surface area contributed by atoms with E-state index in [2.05, 4.69) is 11.0 Å². The Hall–Kier alpha value is -2.80. The Morgan fingerprint density at radius 2 is 2.14 bits per heavy atom. The van der Waals surface area contributed by atoms with Crippen LogP contribution < -0.4 is 5.32 Å². The molecule has 2 amide bonds. The molecule has 2 atom stereocenters. The van der Waals surface area contributed by atoms with Gasteiger partial charge in [-0.2, -0.15) is 18.3 Å². The Morgan fingerprint density at radius 3 is 2.72 bits per heavy atom. The van der Waals surface area contributed by atoms with Crippen LogP contribution in [0.4, 0.5) is 23.2 Å². The highest BCUT2D eigenvalue weighted by atomic mass is 35.5. The highest BCUT2D eigenvalue weighted by Gasteiger charge is 2.45. The third kappa shape index (κ3) is 5.17. The van der Waals surface area contributed by atoms with Crippen molar-refractivity contribution >= 4 is 34.3 Å². The Labute approximate surface area is 169 Å². The maximum atomic E-state index is 13.7. The summed E-state index contributed by atoms with van der Waals surface area (Å²) in [5.41, 5.74) is -2.36. The van der Waals surface area contributed by atoms with Crippen molar-refractivity contribution < 1.29 is 27.2 Å². The molecule has 0 unspecified atom stereocenters. The monoisotopic (exact) mass is 432 g/mol. The second kappa shape index (κ2) is 8.69. The van der Waals surface area contributed by atoms with E-state index >= 15 is 0 Å². The molecule has 0 bridgehead atoms. The summed E-state index contributed by atoms with van der Waals surface area (Å²) in [6.45, 7) is 0.251. The van der Waals surface area contributed by atoms with Crippen LogP contribution in [-0.2, 0) is 15.8 Å². The molecule has 2 rings (SSSR count). The van der Waals surface area contributed by atoms with Crippen LogP contribution in [0.2, 0.25) is 0 Å². The lowest BCUT2D eigenvalue weighted by molar-refractivity contribution is -0.139. The van der Waals surface area contributed by atoms with Crippen molar-refractivity contribution in [3.05, 3.63) is 29.6 Å². The lowest BCUT2D eigenvalue weighted by Crippen LogP contribution is -2.36. The Kier molecular flexibility index (Phi) is 6.74. The fraction of sp³-hybridized carbons (Fsp3) is 0.389. The zero-order valence-corrected chi connectivity index (χ0v) is 16.2. The summed E-state index contributed by atoms with van der Waals surface area (Å²) in [5.74, 6) is -2.86. The van der Waals surface area contributed by atoms with Crippen LogP contribution >= 0.6 is 11.6 Å². The number of carbonyl (C=O) groups excluding carboxylic acids is 2. The van der Waals surface area contributed by atoms with Crippen molar-refractivity contribution in [1.29, 1.82) is 0 Å². The molecule has 1 aliphatic rings. The number of alkyl halides is 3. The van der Waals surface area contributed by atoms with Crippen molar-refractivity contribution in [3.63, 3.8) is 0 Å². The quantitative estimate of drug-likeness (QED) is 0.256. The van der Waals surface area contributed by atoms with E-state index in [1.165, 1.54) is 24.0 Å². The number of nitrogens with one attached hydrogen (secondary N) is 1. The molecule has 0 aromatic heterocycles. The summed E-state index contributed by atoms with van der Waals surface area (Å²) < 4.78 is 53.2. The second-order valence-electron chi connectivity index (χ2n) is 6.48. The van der Waals surface area contributed by atoms with Gasteiger partial charge in [-0.05, 0) is 18.1 Å². The van der Waals surface area contributed by atoms with Crippen LogP contribution in [0.1, 0.15) is 5.56 Å². The number of benzene rings is 1. The number of likely N-dealkylation sites (tertiary alicyclic amines) is 1. The van der Waals surface area contributed by atoms with Gasteiger partial charge in [0.05, 0.1) is 5.69 Å². The number of amides is 2. The molecule has 1 aliphatic heterocycles. The zero-order valence-electron chi connectivity index (χ0n) is 15.4. The fourth-order valence-corrected chi connectivity index (χ4v) is 3.29. The van der Waals surface area contributed by atoms with E-state index < -0.39 is 46.9 Å². The van der Waals surface area contributed by atoms with E-state index in [9.17, 15) is 27.2 Å². The number of rotatable bonds is 5. The summed E-state index contributed by atoms with van der Waals surface area (Å²) in [6.07, 6.45) is 0.0841. The van der Waals surface area contributed by atoms with Crippen LogP contribution in [0.15, 0.2) is 23.3 Å². The maximum Gasteiger partial charge on any atom is 0.421 e. The molecule has 1 N–H and O–H groups in total. The predicted molar refractivity (Wildman–Crippen MR) is 99.4 cm³/mol. The molecule has 1 fully saturated rings. The van der Waals surface area contributed by atoms with Gasteiger partial charge in [0.15, 0.2) is 5.17 Å². The van der Waals surface area contributed by atoms with E-state index in [4.69, 9.17) is 18.0 Å². The summed E-state index contributed by atoms with van der Waals surface area (Å²) in [5, 5.41) is 7.11. The van der Waals surface area contributed by atoms with Gasteiger partial charge in [-0.3, -0.25) is 14.6 Å². The van der Waals surface area contributed by atoms with Crippen molar-refractivity contribution in [2.45, 2.75) is 6.18 Å². The molecule has 1 aromatic carbocycles. The van der Waals surface area contributed by atoms with Gasteiger partial charge < -0.3 is 10.2 Å². The highest BCUT2D eigenvalue weighted by Crippen LogP contribution is 2.37. The van der Waals surface area contributed by atoms with Gasteiger partial charge in [-0.1, -0.05) is 17.7 Å². The van der Waals surface area contributed by atoms with Gasteiger partial charge in [0, 0.05) is 33.1 Å². The van der Waals surface area contributed by atoms with E-state index in [0.717, 1.165) is 12.1 Å². The topological polar surface area (TPSA) is 65.0 Å². The number of nitrogens with zero attached hydrogens (tertiary/aromatic N) is 3. The molecule has 0 spiro atoms. The van der Waals surface area contributed by atoms with Gasteiger partial charge in [0.1, 0.15) is 17.3 Å². The number of halogens is 5. The standard InChI is InChI=1S/C18H17ClF4N4O2/c1-4-13(19)25-27(3)9-10-8-26(2)17(29)14(10)16(28)24-12-7-5-6-11(20)15(12)18(21,22)23/h1,5-7,10,14H,8-9H2,2-3H3,(H,24,28)/b25-13+/t10-,14+/m1/s1. The normalized spacial score (nSPS) is 19.9. The van der Waals surface area contributed by atoms with Gasteiger partial charge >= 0.3 is 6.18 Å². The van der Waals surface area contributed by atoms with Crippen molar-refractivity contribution in [1.82, 2.24) is 9.91 Å². The Morgan fingerprint density at radius 1 is 1.48 bits per heavy atom. The fourth-order valence-electron chi connectivity index (χ4n) is 3.16. The molecular weight excluding hydrogens is 416 g/mol. The van der Waals surface area contributed by atoms with Crippen LogP contribution in [0.25, 0.3) is 0 Å². The zero-order chi connectivity index (χ0) is 21.9. The van der Waals surface area contributed by atoms with Gasteiger partial charge in [-0.15, -0.1) is 6.42 Å². The highest BCUT2D eigenvalue weighted by molar-refractivity contribution is 6.69. The molecule has 11 heteroatoms. The first kappa shape index (κ1) is 22.5. The average Bonchev–Trinajstić information content (AvgIpc) is 2.87. The van der Waals surface area contributed by atoms with Crippen LogP contribution in [0, 0.1) is 30.0 Å². The SMILES string of the molecule is C#C/C(Cl)=N\N(C)C[C@H]1CN(C)C(=O)[C@@H]1C(=O)Nc1cccc(F)c1C(F)(F)F.